The minimum absolute atomic E-state index is 0.665. The molecule has 0 amide bonds. The molecular formula is C12H14N2O. The van der Waals surface area contributed by atoms with E-state index in [-0.39, 0.29) is 0 Å². The van der Waals surface area contributed by atoms with Crippen molar-refractivity contribution >= 4 is 10.9 Å². The Morgan fingerprint density at radius 2 is 2.13 bits per heavy atom. The van der Waals surface area contributed by atoms with Gasteiger partial charge in [-0.1, -0.05) is 24.3 Å². The van der Waals surface area contributed by atoms with E-state index in [0.29, 0.717) is 13.2 Å². The molecule has 15 heavy (non-hydrogen) atoms. The van der Waals surface area contributed by atoms with E-state index in [0.717, 1.165) is 16.5 Å². The molecule has 1 N–H and O–H groups in total. The van der Waals surface area contributed by atoms with Crippen LogP contribution >= 0.6 is 0 Å². The Bertz CT molecular complexity index is 437. The SMILES string of the molecule is CCONCc1cccc2cccnc12. The van der Waals surface area contributed by atoms with Gasteiger partial charge in [-0.3, -0.25) is 4.98 Å². The van der Waals surface area contributed by atoms with Crippen LogP contribution in [0.2, 0.25) is 0 Å². The molecule has 1 aromatic heterocycles. The molecule has 3 heteroatoms. The largest absolute Gasteiger partial charge is 0.302 e. The maximum Gasteiger partial charge on any atom is 0.0747 e. The van der Waals surface area contributed by atoms with E-state index in [1.807, 2.05) is 25.3 Å². The quantitative estimate of drug-likeness (QED) is 0.610. The van der Waals surface area contributed by atoms with Crippen molar-refractivity contribution in [2.45, 2.75) is 13.5 Å². The van der Waals surface area contributed by atoms with Gasteiger partial charge in [0.05, 0.1) is 12.1 Å². The molecule has 0 spiro atoms. The zero-order chi connectivity index (χ0) is 10.5. The van der Waals surface area contributed by atoms with Crippen LogP contribution in [0.4, 0.5) is 0 Å². The van der Waals surface area contributed by atoms with Crippen molar-refractivity contribution in [2.24, 2.45) is 0 Å². The number of benzene rings is 1. The Hall–Kier alpha value is -1.45. The van der Waals surface area contributed by atoms with Crippen molar-refractivity contribution < 1.29 is 4.84 Å². The first-order valence-corrected chi connectivity index (χ1v) is 5.09. The van der Waals surface area contributed by atoms with Gasteiger partial charge in [-0.05, 0) is 18.6 Å². The van der Waals surface area contributed by atoms with Crippen LogP contribution in [0.25, 0.3) is 10.9 Å². The summed E-state index contributed by atoms with van der Waals surface area (Å²) in [5.41, 5.74) is 5.09. The number of hydrogen-bond acceptors (Lipinski definition) is 3. The van der Waals surface area contributed by atoms with Crippen molar-refractivity contribution in [1.29, 1.82) is 0 Å². The number of hydrogen-bond donors (Lipinski definition) is 1. The average Bonchev–Trinajstić information content (AvgIpc) is 2.30. The van der Waals surface area contributed by atoms with Gasteiger partial charge in [-0.2, -0.15) is 5.48 Å². The minimum atomic E-state index is 0.665. The van der Waals surface area contributed by atoms with Crippen LogP contribution in [0.5, 0.6) is 0 Å². The third-order valence-electron chi connectivity index (χ3n) is 2.23. The van der Waals surface area contributed by atoms with Gasteiger partial charge in [0.2, 0.25) is 0 Å². The van der Waals surface area contributed by atoms with Crippen LogP contribution in [-0.2, 0) is 11.4 Å². The topological polar surface area (TPSA) is 34.1 Å². The Morgan fingerprint density at radius 3 is 3.00 bits per heavy atom. The van der Waals surface area contributed by atoms with E-state index >= 15 is 0 Å². The molecule has 1 heterocycles. The van der Waals surface area contributed by atoms with E-state index in [4.69, 9.17) is 4.84 Å². The molecule has 0 atom stereocenters. The van der Waals surface area contributed by atoms with Crippen LogP contribution in [-0.4, -0.2) is 11.6 Å². The molecule has 1 aromatic carbocycles. The summed E-state index contributed by atoms with van der Waals surface area (Å²) >= 11 is 0. The lowest BCUT2D eigenvalue weighted by Crippen LogP contribution is -2.13. The van der Waals surface area contributed by atoms with Crippen molar-refractivity contribution in [3.8, 4) is 0 Å². The number of aromatic nitrogens is 1. The van der Waals surface area contributed by atoms with Gasteiger partial charge in [0.1, 0.15) is 0 Å². The second kappa shape index (κ2) is 4.87. The normalized spacial score (nSPS) is 10.7. The summed E-state index contributed by atoms with van der Waals surface area (Å²) in [6, 6.07) is 10.2. The maximum absolute atomic E-state index is 5.11. The first-order valence-electron chi connectivity index (χ1n) is 5.09. The lowest BCUT2D eigenvalue weighted by Gasteiger charge is -2.06. The van der Waals surface area contributed by atoms with Crippen LogP contribution in [0.1, 0.15) is 12.5 Å². The number of para-hydroxylation sites is 1. The number of fused-ring (bicyclic) bond motifs is 1. The first kappa shape index (κ1) is 10.1. The second-order valence-electron chi connectivity index (χ2n) is 3.25. The maximum atomic E-state index is 5.11. The van der Waals surface area contributed by atoms with E-state index in [2.05, 4.69) is 28.7 Å². The third-order valence-corrected chi connectivity index (χ3v) is 2.23. The van der Waals surface area contributed by atoms with Crippen molar-refractivity contribution in [2.75, 3.05) is 6.61 Å². The molecule has 0 saturated carbocycles. The van der Waals surface area contributed by atoms with Gasteiger partial charge in [0.25, 0.3) is 0 Å². The molecule has 0 saturated heterocycles. The molecule has 0 aliphatic carbocycles. The average molecular weight is 202 g/mol. The fourth-order valence-corrected chi connectivity index (χ4v) is 1.54. The molecule has 78 valence electrons. The van der Waals surface area contributed by atoms with E-state index < -0.39 is 0 Å². The molecule has 0 fully saturated rings. The molecule has 0 radical (unpaired) electrons. The Kier molecular flexibility index (Phi) is 3.27. The lowest BCUT2D eigenvalue weighted by atomic mass is 10.1. The van der Waals surface area contributed by atoms with Crippen molar-refractivity contribution in [3.05, 3.63) is 42.1 Å². The van der Waals surface area contributed by atoms with Crippen molar-refractivity contribution in [3.63, 3.8) is 0 Å². The highest BCUT2D eigenvalue weighted by Crippen LogP contribution is 2.15. The van der Waals surface area contributed by atoms with Gasteiger partial charge >= 0.3 is 0 Å². The van der Waals surface area contributed by atoms with Gasteiger partial charge in [-0.25, -0.2) is 0 Å². The fraction of sp³-hybridized carbons (Fsp3) is 0.250. The zero-order valence-corrected chi connectivity index (χ0v) is 8.73. The van der Waals surface area contributed by atoms with Crippen molar-refractivity contribution in [1.82, 2.24) is 10.5 Å². The zero-order valence-electron chi connectivity index (χ0n) is 8.73. The first-order chi connectivity index (χ1) is 7.42. The summed E-state index contributed by atoms with van der Waals surface area (Å²) < 4.78 is 0. The van der Waals surface area contributed by atoms with Gasteiger partial charge in [-0.15, -0.1) is 0 Å². The summed E-state index contributed by atoms with van der Waals surface area (Å²) in [6.07, 6.45) is 1.81. The third kappa shape index (κ3) is 2.32. The van der Waals surface area contributed by atoms with E-state index in [1.165, 1.54) is 0 Å². The summed E-state index contributed by atoms with van der Waals surface area (Å²) in [7, 11) is 0. The second-order valence-corrected chi connectivity index (χ2v) is 3.25. The Labute approximate surface area is 89.0 Å². The summed E-state index contributed by atoms with van der Waals surface area (Å²) in [4.78, 5) is 9.47. The minimum Gasteiger partial charge on any atom is -0.302 e. The fourth-order valence-electron chi connectivity index (χ4n) is 1.54. The summed E-state index contributed by atoms with van der Waals surface area (Å²) in [6.45, 7) is 3.30. The Balaban J connectivity index is 2.26. The van der Waals surface area contributed by atoms with Crippen LogP contribution in [0.3, 0.4) is 0 Å². The van der Waals surface area contributed by atoms with E-state index in [9.17, 15) is 0 Å². The monoisotopic (exact) mass is 202 g/mol. The number of rotatable bonds is 4. The van der Waals surface area contributed by atoms with E-state index in [1.54, 1.807) is 0 Å². The van der Waals surface area contributed by atoms with Crippen LogP contribution < -0.4 is 5.48 Å². The molecule has 3 nitrogen and oxygen atoms in total. The summed E-state index contributed by atoms with van der Waals surface area (Å²) in [5, 5.41) is 1.16. The van der Waals surface area contributed by atoms with Gasteiger partial charge < -0.3 is 4.84 Å². The standard InChI is InChI=1S/C12H14N2O/c1-2-15-14-9-11-6-3-5-10-7-4-8-13-12(10)11/h3-8,14H,2,9H2,1H3. The molecule has 0 aliphatic rings. The number of hydroxylamine groups is 1. The highest BCUT2D eigenvalue weighted by molar-refractivity contribution is 5.81. The smallest absolute Gasteiger partial charge is 0.0747 e. The molecule has 2 rings (SSSR count). The predicted octanol–water partition coefficient (Wildman–Crippen LogP) is 2.28. The Morgan fingerprint density at radius 1 is 1.27 bits per heavy atom. The number of nitrogens with zero attached hydrogens (tertiary/aromatic N) is 1. The molecule has 2 aromatic rings. The van der Waals surface area contributed by atoms with Crippen LogP contribution in [0, 0.1) is 0 Å². The number of nitrogens with one attached hydrogen (secondary N) is 1. The number of pyridine rings is 1. The molecular weight excluding hydrogens is 188 g/mol. The highest BCUT2D eigenvalue weighted by atomic mass is 16.6. The predicted molar refractivity (Wildman–Crippen MR) is 60.2 cm³/mol. The summed E-state index contributed by atoms with van der Waals surface area (Å²) in [5.74, 6) is 0. The van der Waals surface area contributed by atoms with Gasteiger partial charge in [0, 0.05) is 18.1 Å². The molecule has 0 bridgehead atoms. The highest BCUT2D eigenvalue weighted by Gasteiger charge is 2.00. The molecule has 0 unspecified atom stereocenters. The molecule has 0 aliphatic heterocycles. The lowest BCUT2D eigenvalue weighted by molar-refractivity contribution is 0.0465. The van der Waals surface area contributed by atoms with Gasteiger partial charge in [0.15, 0.2) is 0 Å². The van der Waals surface area contributed by atoms with Crippen LogP contribution in [0.15, 0.2) is 36.5 Å².